The smallest absolute Gasteiger partial charge is 0.0423 e. The average Bonchev–Trinajstić information content (AvgIpc) is 2.85. The molecule has 74 valence electrons. The van der Waals surface area contributed by atoms with Crippen LogP contribution in [0.4, 0.5) is 0 Å². The van der Waals surface area contributed by atoms with Gasteiger partial charge < -0.3 is 5.32 Å². The first-order valence-electron chi connectivity index (χ1n) is 5.41. The third-order valence-electron chi connectivity index (χ3n) is 3.24. The third-order valence-corrected chi connectivity index (χ3v) is 4.32. The molecule has 1 unspecified atom stereocenters. The van der Waals surface area contributed by atoms with Gasteiger partial charge in [0, 0.05) is 17.0 Å². The largest absolute Gasteiger partial charge is 0.306 e. The van der Waals surface area contributed by atoms with Crippen molar-refractivity contribution in [2.75, 3.05) is 0 Å². The molecule has 14 heavy (non-hydrogen) atoms. The fourth-order valence-corrected chi connectivity index (χ4v) is 3.54. The van der Waals surface area contributed by atoms with Crippen molar-refractivity contribution < 1.29 is 0 Å². The summed E-state index contributed by atoms with van der Waals surface area (Å²) in [5, 5.41) is 6.00. The van der Waals surface area contributed by atoms with Crippen LogP contribution >= 0.6 is 11.3 Å². The van der Waals surface area contributed by atoms with Crippen LogP contribution in [0, 0.1) is 0 Å². The Morgan fingerprint density at radius 1 is 1.29 bits per heavy atom. The monoisotopic (exact) mass is 205 g/mol. The molecule has 1 aromatic rings. The Kier molecular flexibility index (Phi) is 2.18. The summed E-state index contributed by atoms with van der Waals surface area (Å²) in [7, 11) is 0. The van der Waals surface area contributed by atoms with Crippen molar-refractivity contribution in [3.63, 3.8) is 0 Å². The number of hydrogen-bond donors (Lipinski definition) is 1. The second-order valence-corrected chi connectivity index (χ2v) is 5.16. The summed E-state index contributed by atoms with van der Waals surface area (Å²) in [6, 6.07) is 3.64. The zero-order valence-electron chi connectivity index (χ0n) is 8.20. The van der Waals surface area contributed by atoms with Crippen molar-refractivity contribution in [1.29, 1.82) is 0 Å². The van der Waals surface area contributed by atoms with Crippen molar-refractivity contribution >= 4 is 11.3 Å². The Bertz CT molecular complexity index is 345. The molecule has 1 N–H and O–H groups in total. The van der Waals surface area contributed by atoms with Crippen LogP contribution < -0.4 is 5.32 Å². The van der Waals surface area contributed by atoms with Crippen LogP contribution in [-0.4, -0.2) is 6.04 Å². The molecule has 1 heterocycles. The number of fused-ring (bicyclic) bond motifs is 1. The van der Waals surface area contributed by atoms with Crippen LogP contribution in [-0.2, 0) is 6.42 Å². The van der Waals surface area contributed by atoms with Gasteiger partial charge in [-0.3, -0.25) is 0 Å². The van der Waals surface area contributed by atoms with Gasteiger partial charge in [-0.1, -0.05) is 12.2 Å². The van der Waals surface area contributed by atoms with E-state index in [1.54, 1.807) is 10.4 Å². The Balaban J connectivity index is 1.70. The normalized spacial score (nSPS) is 25.9. The van der Waals surface area contributed by atoms with E-state index in [1.807, 2.05) is 11.3 Å². The van der Waals surface area contributed by atoms with E-state index in [2.05, 4.69) is 28.9 Å². The summed E-state index contributed by atoms with van der Waals surface area (Å²) in [4.78, 5) is 1.59. The van der Waals surface area contributed by atoms with Gasteiger partial charge in [0.05, 0.1) is 0 Å². The summed E-state index contributed by atoms with van der Waals surface area (Å²) in [5.41, 5.74) is 1.58. The van der Waals surface area contributed by atoms with Gasteiger partial charge in [-0.05, 0) is 42.7 Å². The van der Waals surface area contributed by atoms with Crippen LogP contribution in [0.25, 0.3) is 0 Å². The zero-order valence-corrected chi connectivity index (χ0v) is 9.02. The predicted molar refractivity (Wildman–Crippen MR) is 60.7 cm³/mol. The minimum atomic E-state index is 0.648. The topological polar surface area (TPSA) is 12.0 Å². The Hall–Kier alpha value is -0.600. The minimum Gasteiger partial charge on any atom is -0.306 e. The zero-order chi connectivity index (χ0) is 9.38. The molecule has 3 rings (SSSR count). The highest BCUT2D eigenvalue weighted by molar-refractivity contribution is 7.10. The summed E-state index contributed by atoms with van der Waals surface area (Å²) in [6.45, 7) is 0. The molecule has 2 aliphatic carbocycles. The predicted octanol–water partition coefficient (Wildman–Crippen LogP) is 3.04. The molecule has 0 amide bonds. The maximum Gasteiger partial charge on any atom is 0.0423 e. The number of aryl methyl sites for hydroxylation is 1. The lowest BCUT2D eigenvalue weighted by molar-refractivity contribution is 0.450. The van der Waals surface area contributed by atoms with E-state index < -0.39 is 0 Å². The Morgan fingerprint density at radius 3 is 3.00 bits per heavy atom. The molecule has 1 aromatic heterocycles. The SMILES string of the molecule is C1=CCC(NC2CCc3ccsc32)C1. The van der Waals surface area contributed by atoms with E-state index in [4.69, 9.17) is 0 Å². The van der Waals surface area contributed by atoms with Crippen LogP contribution in [0.5, 0.6) is 0 Å². The van der Waals surface area contributed by atoms with E-state index in [0.717, 1.165) is 0 Å². The molecule has 0 radical (unpaired) electrons. The van der Waals surface area contributed by atoms with Crippen molar-refractivity contribution in [2.45, 2.75) is 37.8 Å². The summed E-state index contributed by atoms with van der Waals surface area (Å²) < 4.78 is 0. The Morgan fingerprint density at radius 2 is 2.14 bits per heavy atom. The van der Waals surface area contributed by atoms with E-state index in [1.165, 1.54) is 25.7 Å². The molecular weight excluding hydrogens is 190 g/mol. The number of hydrogen-bond acceptors (Lipinski definition) is 2. The summed E-state index contributed by atoms with van der Waals surface area (Å²) >= 11 is 1.92. The Labute approximate surface area is 88.8 Å². The van der Waals surface area contributed by atoms with Crippen LogP contribution in [0.1, 0.15) is 35.7 Å². The standard InChI is InChI=1S/C12H15NS/c1-2-4-10(3-1)13-11-6-5-9-7-8-14-12(9)11/h1-2,7-8,10-11,13H,3-6H2. The number of nitrogens with one attached hydrogen (secondary N) is 1. The quantitative estimate of drug-likeness (QED) is 0.732. The molecular formula is C12H15NS. The van der Waals surface area contributed by atoms with Gasteiger partial charge in [-0.2, -0.15) is 0 Å². The van der Waals surface area contributed by atoms with Crippen molar-refractivity contribution in [1.82, 2.24) is 5.32 Å². The molecule has 0 fully saturated rings. The van der Waals surface area contributed by atoms with Crippen LogP contribution in [0.3, 0.4) is 0 Å². The van der Waals surface area contributed by atoms with Crippen molar-refractivity contribution in [3.05, 3.63) is 34.0 Å². The minimum absolute atomic E-state index is 0.648. The highest BCUT2D eigenvalue weighted by atomic mass is 32.1. The second kappa shape index (κ2) is 3.52. The molecule has 0 spiro atoms. The lowest BCUT2D eigenvalue weighted by atomic mass is 10.2. The first-order valence-corrected chi connectivity index (χ1v) is 6.29. The number of thiophene rings is 1. The van der Waals surface area contributed by atoms with Gasteiger partial charge in [0.2, 0.25) is 0 Å². The van der Waals surface area contributed by atoms with Gasteiger partial charge in [0.15, 0.2) is 0 Å². The van der Waals surface area contributed by atoms with Gasteiger partial charge in [-0.15, -0.1) is 11.3 Å². The number of rotatable bonds is 2. The maximum absolute atomic E-state index is 3.77. The van der Waals surface area contributed by atoms with Gasteiger partial charge in [0.1, 0.15) is 0 Å². The van der Waals surface area contributed by atoms with E-state index in [0.29, 0.717) is 12.1 Å². The fraction of sp³-hybridized carbons (Fsp3) is 0.500. The average molecular weight is 205 g/mol. The molecule has 0 bridgehead atoms. The molecule has 1 nitrogen and oxygen atoms in total. The van der Waals surface area contributed by atoms with Gasteiger partial charge in [-0.25, -0.2) is 0 Å². The lowest BCUT2D eigenvalue weighted by Gasteiger charge is -2.18. The molecule has 0 aliphatic heterocycles. The van der Waals surface area contributed by atoms with Crippen LogP contribution in [0.2, 0.25) is 0 Å². The van der Waals surface area contributed by atoms with E-state index >= 15 is 0 Å². The van der Waals surface area contributed by atoms with E-state index in [9.17, 15) is 0 Å². The van der Waals surface area contributed by atoms with Crippen molar-refractivity contribution in [2.24, 2.45) is 0 Å². The molecule has 0 saturated heterocycles. The van der Waals surface area contributed by atoms with Gasteiger partial charge in [0.25, 0.3) is 0 Å². The fourth-order valence-electron chi connectivity index (χ4n) is 2.49. The molecule has 1 atom stereocenters. The highest BCUT2D eigenvalue weighted by Gasteiger charge is 2.25. The maximum atomic E-state index is 3.77. The molecule has 2 aliphatic rings. The lowest BCUT2D eigenvalue weighted by Crippen LogP contribution is -2.29. The summed E-state index contributed by atoms with van der Waals surface area (Å²) in [5.74, 6) is 0. The highest BCUT2D eigenvalue weighted by Crippen LogP contribution is 2.36. The van der Waals surface area contributed by atoms with Crippen molar-refractivity contribution in [3.8, 4) is 0 Å². The van der Waals surface area contributed by atoms with Crippen LogP contribution in [0.15, 0.2) is 23.6 Å². The van der Waals surface area contributed by atoms with E-state index in [-0.39, 0.29) is 0 Å². The molecule has 0 saturated carbocycles. The first kappa shape index (κ1) is 8.69. The third kappa shape index (κ3) is 1.43. The van der Waals surface area contributed by atoms with Gasteiger partial charge >= 0.3 is 0 Å². The summed E-state index contributed by atoms with van der Waals surface area (Å²) in [6.07, 6.45) is 9.60. The first-order chi connectivity index (χ1) is 6.93. The molecule has 2 heteroatoms. The second-order valence-electron chi connectivity index (χ2n) is 4.21. The molecule has 0 aromatic carbocycles.